The Bertz CT molecular complexity index is 1850. The Labute approximate surface area is 243 Å². The quantitative estimate of drug-likeness (QED) is 0.210. The summed E-state index contributed by atoms with van der Waals surface area (Å²) >= 11 is 0. The van der Waals surface area contributed by atoms with Crippen LogP contribution in [0.5, 0.6) is 0 Å². The van der Waals surface area contributed by atoms with Crippen molar-refractivity contribution >= 4 is 0 Å². The van der Waals surface area contributed by atoms with E-state index in [1.807, 2.05) is 0 Å². The minimum absolute atomic E-state index is 0.273. The Morgan fingerprint density at radius 2 is 0.976 bits per heavy atom. The molecule has 0 N–H and O–H groups in total. The number of benzene rings is 6. The molecule has 0 aliphatic heterocycles. The van der Waals surface area contributed by atoms with E-state index in [4.69, 9.17) is 0 Å². The predicted molar refractivity (Wildman–Crippen MR) is 171 cm³/mol. The van der Waals surface area contributed by atoms with Crippen LogP contribution in [0, 0.1) is 0 Å². The third kappa shape index (κ3) is 3.47. The summed E-state index contributed by atoms with van der Waals surface area (Å²) in [5.74, 6) is 0.433. The van der Waals surface area contributed by atoms with Crippen LogP contribution in [0.2, 0.25) is 0 Å². The topological polar surface area (TPSA) is 0 Å². The van der Waals surface area contributed by atoms with Crippen LogP contribution in [0.4, 0.5) is 0 Å². The van der Waals surface area contributed by atoms with Gasteiger partial charge in [0.05, 0.1) is 5.41 Å². The number of fused-ring (bicyclic) bond motifs is 10. The molecule has 6 aromatic carbocycles. The summed E-state index contributed by atoms with van der Waals surface area (Å²) < 4.78 is 0. The highest BCUT2D eigenvalue weighted by atomic mass is 14.5. The summed E-state index contributed by atoms with van der Waals surface area (Å²) in [6.45, 7) is 2.35. The van der Waals surface area contributed by atoms with E-state index in [1.54, 1.807) is 0 Å². The molecule has 2 aliphatic rings. The zero-order valence-corrected chi connectivity index (χ0v) is 23.3. The molecule has 0 nitrogen and oxygen atoms in total. The molecule has 0 amide bonds. The number of hydrogen-bond acceptors (Lipinski definition) is 0. The molecule has 6 aromatic rings. The molecule has 41 heavy (non-hydrogen) atoms. The Morgan fingerprint density at radius 3 is 1.61 bits per heavy atom. The standard InChI is InChI=1S/C41H32/c1-2-29(27-28-23-25-31(26-24-28)30-13-4-3-5-14-30)32-18-12-22-39-40(32)35-17-8-11-21-38(35)41(39)36-19-9-6-15-33(36)34-16-7-10-20-37(34)41/h3-26,29H,2,27H2,1H3. The van der Waals surface area contributed by atoms with Gasteiger partial charge in [0, 0.05) is 0 Å². The number of hydrogen-bond donors (Lipinski definition) is 0. The van der Waals surface area contributed by atoms with Gasteiger partial charge in [0.2, 0.25) is 0 Å². The average Bonchev–Trinajstić information content (AvgIpc) is 3.52. The molecule has 2 aliphatic carbocycles. The lowest BCUT2D eigenvalue weighted by atomic mass is 9.70. The highest BCUT2D eigenvalue weighted by molar-refractivity contribution is 5.95. The maximum atomic E-state index is 2.40. The van der Waals surface area contributed by atoms with Crippen LogP contribution in [-0.4, -0.2) is 0 Å². The van der Waals surface area contributed by atoms with Crippen molar-refractivity contribution < 1.29 is 0 Å². The first-order chi connectivity index (χ1) is 20.3. The maximum absolute atomic E-state index is 2.40. The summed E-state index contributed by atoms with van der Waals surface area (Å²) in [5.41, 5.74) is 16.4. The molecular weight excluding hydrogens is 492 g/mol. The van der Waals surface area contributed by atoms with Crippen molar-refractivity contribution in [1.82, 2.24) is 0 Å². The van der Waals surface area contributed by atoms with Gasteiger partial charge in [-0.1, -0.05) is 153 Å². The first-order valence-electron chi connectivity index (χ1n) is 14.9. The molecule has 0 bridgehead atoms. The van der Waals surface area contributed by atoms with Crippen LogP contribution in [0.3, 0.4) is 0 Å². The molecule has 196 valence electrons. The van der Waals surface area contributed by atoms with Gasteiger partial charge in [-0.2, -0.15) is 0 Å². The van der Waals surface area contributed by atoms with Gasteiger partial charge in [0.15, 0.2) is 0 Å². The van der Waals surface area contributed by atoms with Gasteiger partial charge in [0.25, 0.3) is 0 Å². The molecule has 0 saturated heterocycles. The van der Waals surface area contributed by atoms with E-state index in [0.29, 0.717) is 5.92 Å². The molecular formula is C41H32. The second kappa shape index (κ2) is 9.46. The van der Waals surface area contributed by atoms with Gasteiger partial charge in [-0.15, -0.1) is 0 Å². The summed E-state index contributed by atoms with van der Waals surface area (Å²) in [6.07, 6.45) is 2.13. The lowest BCUT2D eigenvalue weighted by molar-refractivity contribution is 0.660. The minimum Gasteiger partial charge on any atom is -0.0648 e. The van der Waals surface area contributed by atoms with E-state index in [1.165, 1.54) is 66.8 Å². The summed E-state index contributed by atoms with van der Waals surface area (Å²) in [5, 5.41) is 0. The molecule has 1 spiro atoms. The molecule has 0 aromatic heterocycles. The summed E-state index contributed by atoms with van der Waals surface area (Å²) in [7, 11) is 0. The van der Waals surface area contributed by atoms with Gasteiger partial charge in [0.1, 0.15) is 0 Å². The van der Waals surface area contributed by atoms with Crippen LogP contribution in [0.25, 0.3) is 33.4 Å². The smallest absolute Gasteiger partial charge is 0.0648 e. The average molecular weight is 525 g/mol. The van der Waals surface area contributed by atoms with Crippen LogP contribution < -0.4 is 0 Å². The van der Waals surface area contributed by atoms with Crippen molar-refractivity contribution in [3.8, 4) is 33.4 Å². The first kappa shape index (κ1) is 24.1. The van der Waals surface area contributed by atoms with Gasteiger partial charge in [-0.05, 0) is 85.5 Å². The second-order valence-electron chi connectivity index (χ2n) is 11.5. The van der Waals surface area contributed by atoms with Crippen molar-refractivity contribution in [3.05, 3.63) is 179 Å². The van der Waals surface area contributed by atoms with Crippen molar-refractivity contribution in [2.24, 2.45) is 0 Å². The molecule has 1 unspecified atom stereocenters. The van der Waals surface area contributed by atoms with Crippen molar-refractivity contribution in [3.63, 3.8) is 0 Å². The highest BCUT2D eigenvalue weighted by Crippen LogP contribution is 2.63. The monoisotopic (exact) mass is 524 g/mol. The van der Waals surface area contributed by atoms with Gasteiger partial charge in [-0.25, -0.2) is 0 Å². The maximum Gasteiger partial charge on any atom is 0.0725 e. The van der Waals surface area contributed by atoms with E-state index < -0.39 is 0 Å². The van der Waals surface area contributed by atoms with Crippen LogP contribution in [0.1, 0.15) is 52.6 Å². The Kier molecular flexibility index (Phi) is 5.57. The second-order valence-corrected chi connectivity index (χ2v) is 11.5. The zero-order chi connectivity index (χ0) is 27.4. The predicted octanol–water partition coefficient (Wildman–Crippen LogP) is 10.4. The van der Waals surface area contributed by atoms with Crippen LogP contribution in [0.15, 0.2) is 146 Å². The molecule has 0 heteroatoms. The molecule has 0 fully saturated rings. The van der Waals surface area contributed by atoms with Crippen molar-refractivity contribution in [1.29, 1.82) is 0 Å². The molecule has 0 heterocycles. The summed E-state index contributed by atoms with van der Waals surface area (Å²) in [6, 6.07) is 54.3. The van der Waals surface area contributed by atoms with Crippen LogP contribution in [-0.2, 0) is 11.8 Å². The normalized spacial score (nSPS) is 14.3. The van der Waals surface area contributed by atoms with E-state index in [9.17, 15) is 0 Å². The molecule has 0 saturated carbocycles. The van der Waals surface area contributed by atoms with E-state index >= 15 is 0 Å². The molecule has 8 rings (SSSR count). The van der Waals surface area contributed by atoms with Gasteiger partial charge in [-0.3, -0.25) is 0 Å². The fourth-order valence-electron chi connectivity index (χ4n) is 7.73. The molecule has 1 atom stereocenters. The van der Waals surface area contributed by atoms with Gasteiger partial charge >= 0.3 is 0 Å². The fourth-order valence-corrected chi connectivity index (χ4v) is 7.73. The van der Waals surface area contributed by atoms with Crippen molar-refractivity contribution in [2.45, 2.75) is 31.1 Å². The van der Waals surface area contributed by atoms with E-state index in [-0.39, 0.29) is 5.41 Å². The third-order valence-electron chi connectivity index (χ3n) is 9.53. The fraction of sp³-hybridized carbons (Fsp3) is 0.122. The van der Waals surface area contributed by atoms with E-state index in [0.717, 1.165) is 12.8 Å². The largest absolute Gasteiger partial charge is 0.0725 e. The highest BCUT2D eigenvalue weighted by Gasteiger charge is 2.52. The minimum atomic E-state index is -0.273. The SMILES string of the molecule is CCC(Cc1ccc(-c2ccccc2)cc1)c1cccc2c1-c1ccccc1C21c2ccccc2-c2ccccc21. The van der Waals surface area contributed by atoms with Gasteiger partial charge < -0.3 is 0 Å². The zero-order valence-electron chi connectivity index (χ0n) is 23.3. The Balaban J connectivity index is 1.28. The van der Waals surface area contributed by atoms with E-state index in [2.05, 4.69) is 153 Å². The van der Waals surface area contributed by atoms with Crippen molar-refractivity contribution in [2.75, 3.05) is 0 Å². The molecule has 0 radical (unpaired) electrons. The summed E-state index contributed by atoms with van der Waals surface area (Å²) in [4.78, 5) is 0. The third-order valence-corrected chi connectivity index (χ3v) is 9.53. The lowest BCUT2D eigenvalue weighted by Crippen LogP contribution is -2.25. The Morgan fingerprint density at radius 1 is 0.463 bits per heavy atom. The Hall–Kier alpha value is -4.68. The number of rotatable bonds is 5. The lowest BCUT2D eigenvalue weighted by Gasteiger charge is -2.30. The van der Waals surface area contributed by atoms with Crippen LogP contribution >= 0.6 is 0 Å². The first-order valence-corrected chi connectivity index (χ1v) is 14.9.